The quantitative estimate of drug-likeness (QED) is 0.782. The van der Waals surface area contributed by atoms with Gasteiger partial charge in [-0.1, -0.05) is 0 Å². The minimum absolute atomic E-state index is 0.615. The minimum atomic E-state index is -0.670. The SMILES string of the molecule is COCCCC1(C(=O)O)CCCN(Cc2cscn2)C1. The lowest BCUT2D eigenvalue weighted by Crippen LogP contribution is -2.47. The third-order valence-corrected chi connectivity index (χ3v) is 4.62. The molecule has 2 rings (SSSR count). The van der Waals surface area contributed by atoms with Crippen molar-refractivity contribution in [3.63, 3.8) is 0 Å². The van der Waals surface area contributed by atoms with E-state index in [0.717, 1.165) is 38.0 Å². The van der Waals surface area contributed by atoms with Crippen molar-refractivity contribution in [2.24, 2.45) is 5.41 Å². The summed E-state index contributed by atoms with van der Waals surface area (Å²) in [6, 6.07) is 0. The second kappa shape index (κ2) is 7.15. The molecule has 0 radical (unpaired) electrons. The largest absolute Gasteiger partial charge is 0.481 e. The number of nitrogens with zero attached hydrogens (tertiary/aromatic N) is 2. The van der Waals surface area contributed by atoms with Gasteiger partial charge in [0.15, 0.2) is 0 Å². The maximum absolute atomic E-state index is 11.7. The van der Waals surface area contributed by atoms with Crippen LogP contribution in [0.4, 0.5) is 0 Å². The molecule has 0 saturated carbocycles. The summed E-state index contributed by atoms with van der Waals surface area (Å²) in [6.45, 7) is 2.95. The van der Waals surface area contributed by atoms with Crippen LogP contribution < -0.4 is 0 Å². The standard InChI is InChI=1S/C14H22N2O3S/c1-19-7-3-5-14(13(17)18)4-2-6-16(10-14)8-12-9-20-11-15-12/h9,11H,2-8,10H2,1H3,(H,17,18). The highest BCUT2D eigenvalue weighted by atomic mass is 32.1. The molecule has 2 heterocycles. The summed E-state index contributed by atoms with van der Waals surface area (Å²) < 4.78 is 5.05. The molecule has 1 aromatic heterocycles. The van der Waals surface area contributed by atoms with E-state index in [4.69, 9.17) is 4.74 Å². The number of rotatable bonds is 7. The maximum atomic E-state index is 11.7. The number of ether oxygens (including phenoxy) is 1. The van der Waals surface area contributed by atoms with E-state index in [1.807, 2.05) is 10.9 Å². The van der Waals surface area contributed by atoms with Gasteiger partial charge >= 0.3 is 5.97 Å². The van der Waals surface area contributed by atoms with Gasteiger partial charge in [0, 0.05) is 32.2 Å². The average Bonchev–Trinajstić information content (AvgIpc) is 2.92. The van der Waals surface area contributed by atoms with Gasteiger partial charge in [-0.3, -0.25) is 9.69 Å². The number of aromatic nitrogens is 1. The molecule has 0 amide bonds. The van der Waals surface area contributed by atoms with Gasteiger partial charge in [0.25, 0.3) is 0 Å². The number of aliphatic carboxylic acids is 1. The molecule has 1 atom stereocenters. The van der Waals surface area contributed by atoms with Crippen molar-refractivity contribution >= 4 is 17.3 Å². The zero-order chi connectivity index (χ0) is 14.4. The Morgan fingerprint density at radius 1 is 1.65 bits per heavy atom. The van der Waals surface area contributed by atoms with Crippen LogP contribution in [0.2, 0.25) is 0 Å². The van der Waals surface area contributed by atoms with E-state index in [-0.39, 0.29) is 0 Å². The Morgan fingerprint density at radius 2 is 2.50 bits per heavy atom. The predicted octanol–water partition coefficient (Wildman–Crippen LogP) is 2.24. The summed E-state index contributed by atoms with van der Waals surface area (Å²) >= 11 is 1.58. The highest BCUT2D eigenvalue weighted by Crippen LogP contribution is 2.35. The molecule has 1 N–H and O–H groups in total. The van der Waals surface area contributed by atoms with Crippen LogP contribution in [-0.2, 0) is 16.1 Å². The Hall–Kier alpha value is -0.980. The van der Waals surface area contributed by atoms with E-state index in [1.54, 1.807) is 18.4 Å². The lowest BCUT2D eigenvalue weighted by molar-refractivity contribution is -0.153. The molecule has 1 aromatic rings. The third-order valence-electron chi connectivity index (χ3n) is 3.98. The van der Waals surface area contributed by atoms with Crippen molar-refractivity contribution in [1.82, 2.24) is 9.88 Å². The highest BCUT2D eigenvalue weighted by molar-refractivity contribution is 7.07. The van der Waals surface area contributed by atoms with Crippen molar-refractivity contribution in [3.8, 4) is 0 Å². The molecule has 20 heavy (non-hydrogen) atoms. The van der Waals surface area contributed by atoms with E-state index >= 15 is 0 Å². The Balaban J connectivity index is 1.98. The van der Waals surface area contributed by atoms with Crippen LogP contribution in [0.5, 0.6) is 0 Å². The van der Waals surface area contributed by atoms with Crippen molar-refractivity contribution < 1.29 is 14.6 Å². The fraction of sp³-hybridized carbons (Fsp3) is 0.714. The first-order chi connectivity index (χ1) is 9.66. The van der Waals surface area contributed by atoms with Crippen LogP contribution >= 0.6 is 11.3 Å². The molecule has 1 fully saturated rings. The van der Waals surface area contributed by atoms with Gasteiger partial charge in [0.05, 0.1) is 16.6 Å². The van der Waals surface area contributed by atoms with Crippen LogP contribution in [0, 0.1) is 5.41 Å². The smallest absolute Gasteiger partial charge is 0.310 e. The van der Waals surface area contributed by atoms with Crippen LogP contribution in [0.25, 0.3) is 0 Å². The van der Waals surface area contributed by atoms with Gasteiger partial charge in [0.2, 0.25) is 0 Å². The normalized spacial score (nSPS) is 23.9. The van der Waals surface area contributed by atoms with Crippen molar-refractivity contribution in [2.75, 3.05) is 26.8 Å². The number of hydrogen-bond acceptors (Lipinski definition) is 5. The number of carboxylic acid groups (broad SMARTS) is 1. The zero-order valence-corrected chi connectivity index (χ0v) is 12.7. The van der Waals surface area contributed by atoms with Crippen molar-refractivity contribution in [1.29, 1.82) is 0 Å². The first-order valence-corrected chi connectivity index (χ1v) is 7.92. The van der Waals surface area contributed by atoms with Crippen molar-refractivity contribution in [2.45, 2.75) is 32.2 Å². The fourth-order valence-electron chi connectivity index (χ4n) is 2.95. The Kier molecular flexibility index (Phi) is 5.51. The number of piperidine rings is 1. The van der Waals surface area contributed by atoms with Crippen LogP contribution in [0.1, 0.15) is 31.4 Å². The van der Waals surface area contributed by atoms with E-state index in [9.17, 15) is 9.90 Å². The van der Waals surface area contributed by atoms with E-state index in [2.05, 4.69) is 9.88 Å². The van der Waals surface area contributed by atoms with Crippen LogP contribution in [0.15, 0.2) is 10.9 Å². The highest BCUT2D eigenvalue weighted by Gasteiger charge is 2.41. The van der Waals surface area contributed by atoms with Gasteiger partial charge in [-0.2, -0.15) is 0 Å². The molecular formula is C14H22N2O3S. The molecule has 112 valence electrons. The van der Waals surface area contributed by atoms with Gasteiger partial charge in [-0.05, 0) is 32.2 Å². The summed E-state index contributed by atoms with van der Waals surface area (Å²) in [6.07, 6.45) is 3.18. The Morgan fingerprint density at radius 3 is 3.15 bits per heavy atom. The van der Waals surface area contributed by atoms with E-state index < -0.39 is 11.4 Å². The topological polar surface area (TPSA) is 62.7 Å². The molecule has 1 aliphatic rings. The Labute approximate surface area is 123 Å². The van der Waals surface area contributed by atoms with E-state index in [1.165, 1.54) is 0 Å². The summed E-state index contributed by atoms with van der Waals surface area (Å²) in [5.74, 6) is -0.670. The van der Waals surface area contributed by atoms with Gasteiger partial charge in [-0.15, -0.1) is 11.3 Å². The molecule has 0 bridgehead atoms. The lowest BCUT2D eigenvalue weighted by Gasteiger charge is -2.39. The summed E-state index contributed by atoms with van der Waals surface area (Å²) in [5.41, 5.74) is 2.24. The molecule has 5 nitrogen and oxygen atoms in total. The van der Waals surface area contributed by atoms with Crippen LogP contribution in [0.3, 0.4) is 0 Å². The first-order valence-electron chi connectivity index (χ1n) is 6.98. The third kappa shape index (κ3) is 3.77. The fourth-order valence-corrected chi connectivity index (χ4v) is 3.50. The Bertz CT molecular complexity index is 424. The monoisotopic (exact) mass is 298 g/mol. The van der Waals surface area contributed by atoms with E-state index in [0.29, 0.717) is 19.6 Å². The first kappa shape index (κ1) is 15.4. The second-order valence-corrected chi connectivity index (χ2v) is 6.19. The maximum Gasteiger partial charge on any atom is 0.310 e. The minimum Gasteiger partial charge on any atom is -0.481 e. The lowest BCUT2D eigenvalue weighted by atomic mass is 9.76. The number of carbonyl (C=O) groups is 1. The molecule has 1 saturated heterocycles. The molecule has 0 spiro atoms. The molecule has 0 aliphatic carbocycles. The number of likely N-dealkylation sites (tertiary alicyclic amines) is 1. The van der Waals surface area contributed by atoms with Gasteiger partial charge < -0.3 is 9.84 Å². The zero-order valence-electron chi connectivity index (χ0n) is 11.9. The number of thiazole rings is 1. The molecule has 1 aliphatic heterocycles. The molecule has 6 heteroatoms. The number of hydrogen-bond donors (Lipinski definition) is 1. The number of methoxy groups -OCH3 is 1. The summed E-state index contributed by atoms with van der Waals surface area (Å²) in [5, 5.41) is 11.7. The molecular weight excluding hydrogens is 276 g/mol. The summed E-state index contributed by atoms with van der Waals surface area (Å²) in [4.78, 5) is 18.2. The van der Waals surface area contributed by atoms with Gasteiger partial charge in [-0.25, -0.2) is 4.98 Å². The van der Waals surface area contributed by atoms with Crippen LogP contribution in [-0.4, -0.2) is 47.8 Å². The molecule has 1 unspecified atom stereocenters. The predicted molar refractivity (Wildman–Crippen MR) is 77.8 cm³/mol. The van der Waals surface area contributed by atoms with Crippen molar-refractivity contribution in [3.05, 3.63) is 16.6 Å². The molecule has 0 aromatic carbocycles. The van der Waals surface area contributed by atoms with Gasteiger partial charge in [0.1, 0.15) is 0 Å². The average molecular weight is 298 g/mol. The summed E-state index contributed by atoms with van der Waals surface area (Å²) in [7, 11) is 1.66. The number of carboxylic acids is 1. The second-order valence-electron chi connectivity index (χ2n) is 5.48.